The zero-order valence-electron chi connectivity index (χ0n) is 10.4. The van der Waals surface area contributed by atoms with Gasteiger partial charge in [-0.25, -0.2) is 8.42 Å². The number of carbonyl (C=O) groups excluding carboxylic acids is 1. The minimum atomic E-state index is -3.12. The van der Waals surface area contributed by atoms with E-state index in [2.05, 4.69) is 5.32 Å². The van der Waals surface area contributed by atoms with E-state index in [1.54, 1.807) is 24.3 Å². The van der Waals surface area contributed by atoms with E-state index in [9.17, 15) is 18.3 Å². The molecule has 0 saturated carbocycles. The van der Waals surface area contributed by atoms with Gasteiger partial charge in [-0.15, -0.1) is 11.8 Å². The van der Waals surface area contributed by atoms with Gasteiger partial charge in [0.2, 0.25) is 5.91 Å². The van der Waals surface area contributed by atoms with Crippen molar-refractivity contribution >= 4 is 33.2 Å². The molecule has 1 amide bonds. The molecule has 1 fully saturated rings. The molecule has 1 heterocycles. The minimum Gasteiger partial charge on any atom is -0.391 e. The number of carbonyl (C=O) groups is 1. The normalized spacial score (nSPS) is 25.2. The van der Waals surface area contributed by atoms with Gasteiger partial charge < -0.3 is 10.4 Å². The van der Waals surface area contributed by atoms with Crippen molar-refractivity contribution in [3.05, 3.63) is 24.3 Å². The molecule has 0 radical (unpaired) electrons. The van der Waals surface area contributed by atoms with Crippen LogP contribution in [0, 0.1) is 0 Å². The molecule has 0 spiro atoms. The first-order valence-electron chi connectivity index (χ1n) is 5.78. The number of nitrogens with one attached hydrogen (secondary N) is 1. The predicted octanol–water partition coefficient (Wildman–Crippen LogP) is 0.895. The molecule has 19 heavy (non-hydrogen) atoms. The molecule has 5 nitrogen and oxygen atoms in total. The topological polar surface area (TPSA) is 83.5 Å². The smallest absolute Gasteiger partial charge is 0.221 e. The van der Waals surface area contributed by atoms with Gasteiger partial charge in [0.05, 0.1) is 22.9 Å². The number of thioether (sulfide) groups is 1. The summed E-state index contributed by atoms with van der Waals surface area (Å²) in [5, 5.41) is 12.0. The summed E-state index contributed by atoms with van der Waals surface area (Å²) in [5.41, 5.74) is 0.691. The van der Waals surface area contributed by atoms with Crippen LogP contribution in [0.2, 0.25) is 0 Å². The molecule has 2 atom stereocenters. The van der Waals surface area contributed by atoms with E-state index in [0.29, 0.717) is 5.69 Å². The summed E-state index contributed by atoms with van der Waals surface area (Å²) >= 11 is 1.35. The van der Waals surface area contributed by atoms with Crippen molar-refractivity contribution in [2.75, 3.05) is 16.8 Å². The monoisotopic (exact) mass is 301 g/mol. The molecule has 0 aromatic heterocycles. The van der Waals surface area contributed by atoms with Crippen molar-refractivity contribution in [2.45, 2.75) is 23.2 Å². The largest absolute Gasteiger partial charge is 0.391 e. The van der Waals surface area contributed by atoms with Gasteiger partial charge in [0.25, 0.3) is 0 Å². The van der Waals surface area contributed by atoms with Crippen LogP contribution in [0.25, 0.3) is 0 Å². The zero-order chi connectivity index (χ0) is 14.0. The molecule has 1 aromatic carbocycles. The first-order chi connectivity index (χ1) is 8.85. The second kappa shape index (κ2) is 5.52. The van der Waals surface area contributed by atoms with Crippen LogP contribution in [0.3, 0.4) is 0 Å². The highest BCUT2D eigenvalue weighted by Gasteiger charge is 2.36. The molecule has 104 valence electrons. The second-order valence-corrected chi connectivity index (χ2v) is 7.97. The highest BCUT2D eigenvalue weighted by atomic mass is 32.2. The first-order valence-corrected chi connectivity index (χ1v) is 8.49. The van der Waals surface area contributed by atoms with E-state index in [-0.39, 0.29) is 22.7 Å². The maximum atomic E-state index is 11.4. The summed E-state index contributed by atoms with van der Waals surface area (Å²) in [6.45, 7) is 1.43. The fourth-order valence-electron chi connectivity index (χ4n) is 1.90. The van der Waals surface area contributed by atoms with Crippen molar-refractivity contribution in [3.63, 3.8) is 0 Å². The number of rotatable bonds is 3. The number of sulfone groups is 1. The molecule has 7 heteroatoms. The lowest BCUT2D eigenvalue weighted by atomic mass is 10.3. The van der Waals surface area contributed by atoms with Crippen molar-refractivity contribution in [1.29, 1.82) is 0 Å². The molecular formula is C12H15NO4S2. The first kappa shape index (κ1) is 14.4. The molecule has 0 bridgehead atoms. The number of hydrogen-bond donors (Lipinski definition) is 2. The molecule has 1 aliphatic heterocycles. The van der Waals surface area contributed by atoms with Crippen LogP contribution in [0.1, 0.15) is 6.92 Å². The molecule has 0 aliphatic carbocycles. The SMILES string of the molecule is CC(=O)Nc1ccc(S[C@@H]2CS(=O)(=O)C[C@H]2O)cc1. The van der Waals surface area contributed by atoms with Crippen molar-refractivity contribution in [3.8, 4) is 0 Å². The standard InChI is InChI=1S/C12H15NO4S2/c1-8(14)13-9-2-4-10(5-3-9)18-12-7-19(16,17)6-11(12)15/h2-5,11-12,15H,6-7H2,1H3,(H,13,14)/t11-,12-/m1/s1. The third-order valence-corrected chi connectivity index (χ3v) is 5.99. The molecule has 0 unspecified atom stereocenters. The van der Waals surface area contributed by atoms with Gasteiger partial charge in [-0.05, 0) is 24.3 Å². The van der Waals surface area contributed by atoms with Gasteiger partial charge in [-0.3, -0.25) is 4.79 Å². The lowest BCUT2D eigenvalue weighted by Gasteiger charge is -2.12. The van der Waals surface area contributed by atoms with E-state index in [1.807, 2.05) is 0 Å². The van der Waals surface area contributed by atoms with Gasteiger partial charge in [0.1, 0.15) is 0 Å². The van der Waals surface area contributed by atoms with Crippen molar-refractivity contribution < 1.29 is 18.3 Å². The van der Waals surface area contributed by atoms with E-state index in [0.717, 1.165) is 4.90 Å². The van der Waals surface area contributed by atoms with Gasteiger partial charge in [-0.1, -0.05) is 0 Å². The van der Waals surface area contributed by atoms with E-state index in [1.165, 1.54) is 18.7 Å². The Morgan fingerprint density at radius 2 is 1.95 bits per heavy atom. The second-order valence-electron chi connectivity index (χ2n) is 4.51. The van der Waals surface area contributed by atoms with Crippen molar-refractivity contribution in [1.82, 2.24) is 0 Å². The Bertz CT molecular complexity index is 568. The molecule has 1 saturated heterocycles. The van der Waals surface area contributed by atoms with Crippen LogP contribution in [-0.4, -0.2) is 42.3 Å². The Morgan fingerprint density at radius 3 is 2.42 bits per heavy atom. The summed E-state index contributed by atoms with van der Waals surface area (Å²) in [6, 6.07) is 7.10. The Kier molecular flexibility index (Phi) is 4.17. The van der Waals surface area contributed by atoms with Crippen LogP contribution in [0.4, 0.5) is 5.69 Å². The Morgan fingerprint density at radius 1 is 1.32 bits per heavy atom. The minimum absolute atomic E-state index is 0.00623. The number of amides is 1. The maximum Gasteiger partial charge on any atom is 0.221 e. The van der Waals surface area contributed by atoms with E-state index in [4.69, 9.17) is 0 Å². The summed E-state index contributed by atoms with van der Waals surface area (Å²) in [4.78, 5) is 11.7. The Balaban J connectivity index is 2.02. The van der Waals surface area contributed by atoms with Gasteiger partial charge in [0, 0.05) is 17.5 Å². The third-order valence-electron chi connectivity index (χ3n) is 2.73. The van der Waals surface area contributed by atoms with Gasteiger partial charge in [-0.2, -0.15) is 0 Å². The molecule has 1 aliphatic rings. The highest BCUT2D eigenvalue weighted by molar-refractivity contribution is 8.02. The number of hydrogen-bond acceptors (Lipinski definition) is 5. The molecular weight excluding hydrogens is 286 g/mol. The maximum absolute atomic E-state index is 11.4. The summed E-state index contributed by atoms with van der Waals surface area (Å²) < 4.78 is 22.8. The number of anilines is 1. The molecule has 2 N–H and O–H groups in total. The van der Waals surface area contributed by atoms with Crippen LogP contribution in [0.5, 0.6) is 0 Å². The average Bonchev–Trinajstić information content (AvgIpc) is 2.54. The van der Waals surface area contributed by atoms with Gasteiger partial charge >= 0.3 is 0 Å². The average molecular weight is 301 g/mol. The Labute approximate surface area is 116 Å². The summed E-state index contributed by atoms with van der Waals surface area (Å²) in [5.74, 6) is -0.293. The van der Waals surface area contributed by atoms with Crippen LogP contribution >= 0.6 is 11.8 Å². The molecule has 1 aromatic rings. The summed E-state index contributed by atoms with van der Waals surface area (Å²) in [6.07, 6.45) is -0.815. The predicted molar refractivity (Wildman–Crippen MR) is 75.1 cm³/mol. The van der Waals surface area contributed by atoms with Crippen molar-refractivity contribution in [2.24, 2.45) is 0 Å². The van der Waals surface area contributed by atoms with E-state index >= 15 is 0 Å². The fourth-order valence-corrected chi connectivity index (χ4v) is 5.43. The van der Waals surface area contributed by atoms with Crippen LogP contribution < -0.4 is 5.32 Å². The number of benzene rings is 1. The fraction of sp³-hybridized carbons (Fsp3) is 0.417. The van der Waals surface area contributed by atoms with Crippen LogP contribution in [-0.2, 0) is 14.6 Å². The van der Waals surface area contributed by atoms with Gasteiger partial charge in [0.15, 0.2) is 9.84 Å². The highest BCUT2D eigenvalue weighted by Crippen LogP contribution is 2.31. The third kappa shape index (κ3) is 3.95. The summed E-state index contributed by atoms with van der Waals surface area (Å²) in [7, 11) is -3.12. The number of aliphatic hydroxyl groups is 1. The molecule has 2 rings (SSSR count). The quantitative estimate of drug-likeness (QED) is 0.866. The van der Waals surface area contributed by atoms with E-state index < -0.39 is 15.9 Å². The lowest BCUT2D eigenvalue weighted by Crippen LogP contribution is -2.19. The lowest BCUT2D eigenvalue weighted by molar-refractivity contribution is -0.114. The van der Waals surface area contributed by atoms with Crippen LogP contribution in [0.15, 0.2) is 29.2 Å². The Hall–Kier alpha value is -1.05. The zero-order valence-corrected chi connectivity index (χ0v) is 12.0. The number of aliphatic hydroxyl groups excluding tert-OH is 1.